The summed E-state index contributed by atoms with van der Waals surface area (Å²) in [5.74, 6) is -2.89. The number of anilines is 1. The van der Waals surface area contributed by atoms with Crippen LogP contribution in [-0.2, 0) is 6.54 Å². The Labute approximate surface area is 229 Å². The minimum absolute atomic E-state index is 0.0283. The molecule has 5 nitrogen and oxygen atoms in total. The van der Waals surface area contributed by atoms with Gasteiger partial charge in [0.05, 0.1) is 0 Å². The Kier molecular flexibility index (Phi) is 7.94. The van der Waals surface area contributed by atoms with Crippen LogP contribution in [0.5, 0.6) is 0 Å². The van der Waals surface area contributed by atoms with Crippen molar-refractivity contribution in [2.75, 3.05) is 50.7 Å². The standard InChI is InChI=1S/C30H40F2N4OS/c1-29(2)8-7-24(20-35-13-15-36(16-14-35)25-5-3-23(4-6-25)28(33)37)26(18-29)27-17-22(21-38-27)19-34-11-9-30(31,32)10-12-34/h3-6,17,21H,7-16,18-20H2,1-2H3,(H2,33,37). The van der Waals surface area contributed by atoms with Crippen LogP contribution in [0.2, 0.25) is 0 Å². The number of piperidine rings is 1. The monoisotopic (exact) mass is 542 g/mol. The van der Waals surface area contributed by atoms with E-state index in [1.54, 1.807) is 17.7 Å². The summed E-state index contributed by atoms with van der Waals surface area (Å²) in [6.45, 7) is 11.4. The number of alkyl halides is 2. The number of benzene rings is 1. The number of carbonyl (C=O) groups excluding carboxylic acids is 1. The van der Waals surface area contributed by atoms with Gasteiger partial charge >= 0.3 is 0 Å². The molecule has 1 aromatic carbocycles. The molecule has 2 saturated heterocycles. The molecule has 5 rings (SSSR count). The lowest BCUT2D eigenvalue weighted by atomic mass is 9.73. The molecule has 0 unspecified atom stereocenters. The van der Waals surface area contributed by atoms with E-state index in [9.17, 15) is 13.6 Å². The molecule has 8 heteroatoms. The number of likely N-dealkylation sites (tertiary alicyclic amines) is 1. The summed E-state index contributed by atoms with van der Waals surface area (Å²) in [5.41, 5.74) is 11.7. The molecule has 2 aromatic rings. The molecular weight excluding hydrogens is 502 g/mol. The summed E-state index contributed by atoms with van der Waals surface area (Å²) in [7, 11) is 0. The number of rotatable bonds is 7. The highest BCUT2D eigenvalue weighted by Crippen LogP contribution is 2.45. The topological polar surface area (TPSA) is 52.8 Å². The number of carbonyl (C=O) groups is 1. The summed E-state index contributed by atoms with van der Waals surface area (Å²) in [6.07, 6.45) is 3.37. The van der Waals surface area contributed by atoms with Crippen molar-refractivity contribution in [2.24, 2.45) is 11.1 Å². The molecule has 0 bridgehead atoms. The lowest BCUT2D eigenvalue weighted by molar-refractivity contribution is -0.0566. The number of primary amides is 1. The van der Waals surface area contributed by atoms with E-state index in [-0.39, 0.29) is 18.3 Å². The Hall–Kier alpha value is -2.29. The van der Waals surface area contributed by atoms with E-state index in [0.29, 0.717) is 18.7 Å². The fourth-order valence-corrected chi connectivity index (χ4v) is 6.95. The zero-order chi connectivity index (χ0) is 26.9. The van der Waals surface area contributed by atoms with Gasteiger partial charge in [-0.05, 0) is 71.5 Å². The maximum atomic E-state index is 13.6. The SMILES string of the molecule is CC1(C)CCC(CN2CCN(c3ccc(C(N)=O)cc3)CC2)=C(c2cc(CN3CCC(F)(F)CC3)cs2)C1. The van der Waals surface area contributed by atoms with Gasteiger partial charge in [0, 0.05) is 81.3 Å². The molecule has 1 amide bonds. The van der Waals surface area contributed by atoms with Gasteiger partial charge in [-0.2, -0.15) is 0 Å². The first kappa shape index (κ1) is 27.3. The number of thiophene rings is 1. The lowest BCUT2D eigenvalue weighted by Crippen LogP contribution is -2.47. The van der Waals surface area contributed by atoms with Crippen LogP contribution >= 0.6 is 11.3 Å². The molecule has 2 aliphatic heterocycles. The van der Waals surface area contributed by atoms with E-state index in [4.69, 9.17) is 5.73 Å². The van der Waals surface area contributed by atoms with Gasteiger partial charge < -0.3 is 10.6 Å². The molecule has 2 fully saturated rings. The number of hydrogen-bond acceptors (Lipinski definition) is 5. The molecule has 1 aliphatic carbocycles. The van der Waals surface area contributed by atoms with Crippen LogP contribution in [0.3, 0.4) is 0 Å². The van der Waals surface area contributed by atoms with E-state index < -0.39 is 11.8 Å². The van der Waals surface area contributed by atoms with E-state index >= 15 is 0 Å². The first-order valence-electron chi connectivity index (χ1n) is 13.8. The van der Waals surface area contributed by atoms with Gasteiger partial charge in [-0.1, -0.05) is 19.4 Å². The Morgan fingerprint density at radius 2 is 1.61 bits per heavy atom. The normalized spacial score (nSPS) is 22.6. The summed E-state index contributed by atoms with van der Waals surface area (Å²) in [5, 5.41) is 2.23. The highest BCUT2D eigenvalue weighted by molar-refractivity contribution is 7.11. The average molecular weight is 543 g/mol. The number of halogens is 2. The smallest absolute Gasteiger partial charge is 0.250 e. The first-order chi connectivity index (χ1) is 18.1. The number of piperazine rings is 1. The van der Waals surface area contributed by atoms with Crippen molar-refractivity contribution in [3.8, 4) is 0 Å². The Balaban J connectivity index is 1.23. The summed E-state index contributed by atoms with van der Waals surface area (Å²) >= 11 is 1.82. The molecule has 0 spiro atoms. The second-order valence-corrected chi connectivity index (χ2v) is 13.0. The van der Waals surface area contributed by atoms with Gasteiger partial charge in [0.1, 0.15) is 0 Å². The Morgan fingerprint density at radius 3 is 2.26 bits per heavy atom. The lowest BCUT2D eigenvalue weighted by Gasteiger charge is -2.39. The predicted molar refractivity (Wildman–Crippen MR) is 152 cm³/mol. The van der Waals surface area contributed by atoms with Crippen molar-refractivity contribution < 1.29 is 13.6 Å². The second-order valence-electron chi connectivity index (χ2n) is 12.0. The van der Waals surface area contributed by atoms with Gasteiger partial charge in [0.25, 0.3) is 5.92 Å². The van der Waals surface area contributed by atoms with Crippen LogP contribution in [-0.4, -0.2) is 67.4 Å². The highest BCUT2D eigenvalue weighted by Gasteiger charge is 2.34. The number of nitrogens with two attached hydrogens (primary N) is 1. The van der Waals surface area contributed by atoms with Crippen LogP contribution in [0.1, 0.15) is 66.8 Å². The van der Waals surface area contributed by atoms with Crippen molar-refractivity contribution in [1.82, 2.24) is 9.80 Å². The Bertz CT molecular complexity index is 1160. The summed E-state index contributed by atoms with van der Waals surface area (Å²) < 4.78 is 27.1. The second kappa shape index (κ2) is 11.1. The Morgan fingerprint density at radius 1 is 0.947 bits per heavy atom. The van der Waals surface area contributed by atoms with Crippen LogP contribution in [0.25, 0.3) is 5.57 Å². The fourth-order valence-electron chi connectivity index (χ4n) is 5.95. The zero-order valence-electron chi connectivity index (χ0n) is 22.6. The van der Waals surface area contributed by atoms with E-state index in [1.165, 1.54) is 22.4 Å². The van der Waals surface area contributed by atoms with Crippen LogP contribution in [0.4, 0.5) is 14.5 Å². The van der Waals surface area contributed by atoms with Crippen LogP contribution in [0.15, 0.2) is 41.3 Å². The van der Waals surface area contributed by atoms with Crippen LogP contribution < -0.4 is 10.6 Å². The van der Waals surface area contributed by atoms with Gasteiger partial charge in [-0.15, -0.1) is 11.3 Å². The minimum Gasteiger partial charge on any atom is -0.369 e. The van der Waals surface area contributed by atoms with E-state index in [1.807, 2.05) is 23.5 Å². The zero-order valence-corrected chi connectivity index (χ0v) is 23.5. The molecule has 3 heterocycles. The third-order valence-electron chi connectivity index (χ3n) is 8.43. The maximum absolute atomic E-state index is 13.6. The van der Waals surface area contributed by atoms with Gasteiger partial charge in [0.2, 0.25) is 5.91 Å². The van der Waals surface area contributed by atoms with Crippen molar-refractivity contribution >= 4 is 28.5 Å². The van der Waals surface area contributed by atoms with Crippen molar-refractivity contribution in [2.45, 2.75) is 58.4 Å². The van der Waals surface area contributed by atoms with E-state index in [2.05, 4.69) is 40.0 Å². The molecule has 0 atom stereocenters. The van der Waals surface area contributed by atoms with Gasteiger partial charge in [-0.3, -0.25) is 14.6 Å². The minimum atomic E-state index is -2.50. The van der Waals surface area contributed by atoms with Crippen LogP contribution in [0, 0.1) is 5.41 Å². The quantitative estimate of drug-likeness (QED) is 0.476. The van der Waals surface area contributed by atoms with E-state index in [0.717, 1.165) is 57.8 Å². The number of amides is 1. The molecule has 3 aliphatic rings. The van der Waals surface area contributed by atoms with Crippen molar-refractivity contribution in [1.29, 1.82) is 0 Å². The highest BCUT2D eigenvalue weighted by atomic mass is 32.1. The first-order valence-corrected chi connectivity index (χ1v) is 14.7. The molecule has 206 valence electrons. The predicted octanol–water partition coefficient (Wildman–Crippen LogP) is 5.86. The third-order valence-corrected chi connectivity index (χ3v) is 9.47. The maximum Gasteiger partial charge on any atom is 0.250 e. The number of allylic oxidation sites excluding steroid dienone is 1. The number of hydrogen-bond donors (Lipinski definition) is 1. The molecule has 0 radical (unpaired) electrons. The molecule has 1 aromatic heterocycles. The van der Waals surface area contributed by atoms with Crippen molar-refractivity contribution in [3.05, 3.63) is 57.3 Å². The summed E-state index contributed by atoms with van der Waals surface area (Å²) in [4.78, 5) is 19.9. The average Bonchev–Trinajstić information content (AvgIpc) is 3.35. The molecular formula is C30H40F2N4OS. The molecule has 38 heavy (non-hydrogen) atoms. The third kappa shape index (κ3) is 6.64. The molecule has 2 N–H and O–H groups in total. The number of nitrogens with zero attached hydrogens (tertiary/aromatic N) is 3. The largest absolute Gasteiger partial charge is 0.369 e. The molecule has 0 saturated carbocycles. The van der Waals surface area contributed by atoms with Gasteiger partial charge in [-0.25, -0.2) is 8.78 Å². The summed E-state index contributed by atoms with van der Waals surface area (Å²) in [6, 6.07) is 9.91. The van der Waals surface area contributed by atoms with Gasteiger partial charge in [0.15, 0.2) is 0 Å². The van der Waals surface area contributed by atoms with Crippen molar-refractivity contribution in [3.63, 3.8) is 0 Å². The fraction of sp³-hybridized carbons (Fsp3) is 0.567.